The zero-order valence-corrected chi connectivity index (χ0v) is 13.5. The topological polar surface area (TPSA) is 59.8 Å². The molecule has 0 atom stereocenters. The summed E-state index contributed by atoms with van der Waals surface area (Å²) < 4.78 is 14.8. The first-order valence-electron chi connectivity index (χ1n) is 7.81. The first kappa shape index (κ1) is 16.6. The Balaban J connectivity index is 1.50. The number of benzene rings is 2. The lowest BCUT2D eigenvalue weighted by Crippen LogP contribution is -2.20. The fourth-order valence-electron chi connectivity index (χ4n) is 2.29. The maximum Gasteiger partial charge on any atom is 0.244 e. The second kappa shape index (κ2) is 8.01. The van der Waals surface area contributed by atoms with Crippen LogP contribution < -0.4 is 5.32 Å². The molecule has 1 N–H and O–H groups in total. The minimum atomic E-state index is -0.325. The number of halogens is 1. The lowest BCUT2D eigenvalue weighted by atomic mass is 10.1. The molecule has 0 unspecified atom stereocenters. The number of rotatable bonds is 6. The van der Waals surface area contributed by atoms with Gasteiger partial charge in [0.25, 0.3) is 0 Å². The highest BCUT2D eigenvalue weighted by Gasteiger charge is 2.00. The van der Waals surface area contributed by atoms with E-state index in [9.17, 15) is 9.18 Å². The Bertz CT molecular complexity index is 857. The molecule has 1 heterocycles. The lowest BCUT2D eigenvalue weighted by molar-refractivity contribution is -0.116. The van der Waals surface area contributed by atoms with Gasteiger partial charge in [0.05, 0.1) is 6.54 Å². The van der Waals surface area contributed by atoms with E-state index in [0.29, 0.717) is 18.7 Å². The van der Waals surface area contributed by atoms with Crippen molar-refractivity contribution in [1.82, 2.24) is 20.1 Å². The lowest BCUT2D eigenvalue weighted by Gasteiger charge is -2.05. The molecule has 5 nitrogen and oxygen atoms in total. The molecule has 25 heavy (non-hydrogen) atoms. The van der Waals surface area contributed by atoms with Gasteiger partial charge in [-0.1, -0.05) is 36.4 Å². The summed E-state index contributed by atoms with van der Waals surface area (Å²) in [7, 11) is 0. The molecule has 0 bridgehead atoms. The molecule has 0 fully saturated rings. The molecule has 6 heteroatoms. The summed E-state index contributed by atoms with van der Waals surface area (Å²) in [5.41, 5.74) is 2.74. The molecule has 1 aromatic heterocycles. The Labute approximate surface area is 144 Å². The van der Waals surface area contributed by atoms with E-state index in [-0.39, 0.29) is 11.7 Å². The fraction of sp³-hybridized carbons (Fsp3) is 0.105. The van der Waals surface area contributed by atoms with Crippen molar-refractivity contribution >= 4 is 12.0 Å². The maximum atomic E-state index is 13.1. The molecule has 0 radical (unpaired) electrons. The van der Waals surface area contributed by atoms with Gasteiger partial charge in [0, 0.05) is 12.6 Å². The molecule has 0 spiro atoms. The second-order valence-electron chi connectivity index (χ2n) is 5.52. The molecular weight excluding hydrogens is 319 g/mol. The standard InChI is InChI=1S/C19H17FN4O/c20-18-3-1-2-15(10-18)8-9-19(25)22-11-16-4-6-17(7-5-16)12-24-14-21-13-23-24/h1-10,13-14H,11-12H2,(H,22,25)/b9-8+. The Morgan fingerprint density at radius 1 is 1.16 bits per heavy atom. The predicted molar refractivity (Wildman–Crippen MR) is 92.8 cm³/mol. The Morgan fingerprint density at radius 3 is 2.68 bits per heavy atom. The largest absolute Gasteiger partial charge is 0.348 e. The monoisotopic (exact) mass is 336 g/mol. The molecular formula is C19H17FN4O. The smallest absolute Gasteiger partial charge is 0.244 e. The molecule has 1 amide bonds. The van der Waals surface area contributed by atoms with Crippen molar-refractivity contribution in [2.75, 3.05) is 0 Å². The Kier molecular flexibility index (Phi) is 5.31. The molecule has 0 aliphatic carbocycles. The number of aromatic nitrogens is 3. The molecule has 0 saturated heterocycles. The second-order valence-corrected chi connectivity index (χ2v) is 5.52. The minimum absolute atomic E-state index is 0.226. The van der Waals surface area contributed by atoms with E-state index < -0.39 is 0 Å². The summed E-state index contributed by atoms with van der Waals surface area (Å²) in [6.45, 7) is 1.08. The SMILES string of the molecule is O=C(/C=C/c1cccc(F)c1)NCc1ccc(Cn2cncn2)cc1. The normalized spacial score (nSPS) is 10.9. The number of nitrogens with zero attached hydrogens (tertiary/aromatic N) is 3. The first-order valence-corrected chi connectivity index (χ1v) is 7.81. The molecule has 0 aliphatic rings. The van der Waals surface area contributed by atoms with Gasteiger partial charge in [-0.05, 0) is 34.9 Å². The number of nitrogens with one attached hydrogen (secondary N) is 1. The number of amides is 1. The van der Waals surface area contributed by atoms with E-state index >= 15 is 0 Å². The maximum absolute atomic E-state index is 13.1. The zero-order chi connectivity index (χ0) is 17.5. The average molecular weight is 336 g/mol. The van der Waals surface area contributed by atoms with Crippen molar-refractivity contribution < 1.29 is 9.18 Å². The average Bonchev–Trinajstić information content (AvgIpc) is 3.12. The Hall–Kier alpha value is -3.28. The first-order chi connectivity index (χ1) is 12.2. The quantitative estimate of drug-likeness (QED) is 0.704. The van der Waals surface area contributed by atoms with Crippen molar-refractivity contribution in [3.8, 4) is 0 Å². The number of hydrogen-bond donors (Lipinski definition) is 1. The van der Waals surface area contributed by atoms with Crippen LogP contribution in [0.1, 0.15) is 16.7 Å². The third kappa shape index (κ3) is 5.10. The van der Waals surface area contributed by atoms with Gasteiger partial charge in [-0.15, -0.1) is 0 Å². The fourth-order valence-corrected chi connectivity index (χ4v) is 2.29. The highest BCUT2D eigenvalue weighted by molar-refractivity contribution is 5.91. The van der Waals surface area contributed by atoms with Crippen LogP contribution in [-0.4, -0.2) is 20.7 Å². The van der Waals surface area contributed by atoms with Crippen molar-refractivity contribution in [2.24, 2.45) is 0 Å². The van der Waals surface area contributed by atoms with Gasteiger partial charge in [-0.25, -0.2) is 14.1 Å². The Morgan fingerprint density at radius 2 is 1.96 bits per heavy atom. The summed E-state index contributed by atoms with van der Waals surface area (Å²) in [5, 5.41) is 6.86. The van der Waals surface area contributed by atoms with Crippen LogP contribution in [0.2, 0.25) is 0 Å². The van der Waals surface area contributed by atoms with E-state index in [1.807, 2.05) is 24.3 Å². The van der Waals surface area contributed by atoms with Crippen LogP contribution in [0.5, 0.6) is 0 Å². The van der Waals surface area contributed by atoms with Crippen LogP contribution >= 0.6 is 0 Å². The van der Waals surface area contributed by atoms with Crippen molar-refractivity contribution in [1.29, 1.82) is 0 Å². The van der Waals surface area contributed by atoms with E-state index in [0.717, 1.165) is 11.1 Å². The van der Waals surface area contributed by atoms with E-state index in [1.54, 1.807) is 29.2 Å². The van der Waals surface area contributed by atoms with Crippen molar-refractivity contribution in [2.45, 2.75) is 13.1 Å². The molecule has 0 saturated carbocycles. The summed E-state index contributed by atoms with van der Waals surface area (Å²) in [5.74, 6) is -0.551. The predicted octanol–water partition coefficient (Wildman–Crippen LogP) is 2.80. The van der Waals surface area contributed by atoms with Crippen LogP contribution in [0.25, 0.3) is 6.08 Å². The third-order valence-electron chi connectivity index (χ3n) is 3.58. The van der Waals surface area contributed by atoms with Gasteiger partial charge >= 0.3 is 0 Å². The van der Waals surface area contributed by atoms with Crippen LogP contribution in [0.3, 0.4) is 0 Å². The number of carbonyl (C=O) groups is 1. The van der Waals surface area contributed by atoms with Crippen LogP contribution in [0.15, 0.2) is 67.3 Å². The van der Waals surface area contributed by atoms with Crippen LogP contribution in [0.4, 0.5) is 4.39 Å². The van der Waals surface area contributed by atoms with Gasteiger partial charge in [0.2, 0.25) is 5.91 Å². The van der Waals surface area contributed by atoms with Crippen molar-refractivity contribution in [3.05, 3.63) is 89.8 Å². The zero-order valence-electron chi connectivity index (χ0n) is 13.5. The molecule has 3 rings (SSSR count). The van der Waals surface area contributed by atoms with Gasteiger partial charge in [-0.3, -0.25) is 4.79 Å². The molecule has 3 aromatic rings. The molecule has 2 aromatic carbocycles. The van der Waals surface area contributed by atoms with Gasteiger partial charge in [0.1, 0.15) is 18.5 Å². The highest BCUT2D eigenvalue weighted by atomic mass is 19.1. The summed E-state index contributed by atoms with van der Waals surface area (Å²) in [6.07, 6.45) is 6.15. The van der Waals surface area contributed by atoms with Crippen molar-refractivity contribution in [3.63, 3.8) is 0 Å². The van der Waals surface area contributed by atoms with Crippen LogP contribution in [-0.2, 0) is 17.9 Å². The number of carbonyl (C=O) groups excluding carboxylic acids is 1. The molecule has 126 valence electrons. The summed E-state index contributed by atoms with van der Waals surface area (Å²) >= 11 is 0. The third-order valence-corrected chi connectivity index (χ3v) is 3.58. The van der Waals surface area contributed by atoms with Crippen LogP contribution in [0, 0.1) is 5.82 Å². The van der Waals surface area contributed by atoms with E-state index in [1.165, 1.54) is 24.5 Å². The van der Waals surface area contributed by atoms with Gasteiger partial charge < -0.3 is 5.32 Å². The van der Waals surface area contributed by atoms with E-state index in [4.69, 9.17) is 0 Å². The summed E-state index contributed by atoms with van der Waals surface area (Å²) in [4.78, 5) is 15.7. The molecule has 0 aliphatic heterocycles. The minimum Gasteiger partial charge on any atom is -0.348 e. The highest BCUT2D eigenvalue weighted by Crippen LogP contribution is 2.07. The van der Waals surface area contributed by atoms with Gasteiger partial charge in [0.15, 0.2) is 0 Å². The number of hydrogen-bond acceptors (Lipinski definition) is 3. The van der Waals surface area contributed by atoms with Gasteiger partial charge in [-0.2, -0.15) is 5.10 Å². The van der Waals surface area contributed by atoms with E-state index in [2.05, 4.69) is 15.4 Å². The summed E-state index contributed by atoms with van der Waals surface area (Å²) in [6, 6.07) is 14.0.